The van der Waals surface area contributed by atoms with E-state index in [2.05, 4.69) is 20.2 Å². The number of likely N-dealkylation sites (tertiary alicyclic amines) is 1. The van der Waals surface area contributed by atoms with Crippen molar-refractivity contribution in [2.45, 2.75) is 25.4 Å². The molecule has 0 spiro atoms. The fourth-order valence-corrected chi connectivity index (χ4v) is 3.21. The second-order valence-electron chi connectivity index (χ2n) is 6.10. The zero-order valence-corrected chi connectivity index (χ0v) is 14.8. The number of hydrogen-bond acceptors (Lipinski definition) is 6. The van der Waals surface area contributed by atoms with Gasteiger partial charge in [-0.15, -0.1) is 0 Å². The van der Waals surface area contributed by atoms with E-state index in [0.29, 0.717) is 17.0 Å². The first-order valence-electron chi connectivity index (χ1n) is 8.15. The highest BCUT2D eigenvalue weighted by atomic mass is 35.5. The van der Waals surface area contributed by atoms with Crippen LogP contribution in [-0.2, 0) is 6.54 Å². The van der Waals surface area contributed by atoms with Crippen molar-refractivity contribution in [1.82, 2.24) is 14.9 Å². The number of hydrogen-bond donors (Lipinski definition) is 2. The number of nitrogens with one attached hydrogen (secondary N) is 1. The summed E-state index contributed by atoms with van der Waals surface area (Å²) < 4.78 is 18.7. The molecule has 2 aromatic rings. The number of methoxy groups -OCH3 is 1. The van der Waals surface area contributed by atoms with Crippen LogP contribution in [0.3, 0.4) is 0 Å². The Hall–Kier alpha value is -2.12. The van der Waals surface area contributed by atoms with E-state index in [0.717, 1.165) is 38.0 Å². The van der Waals surface area contributed by atoms with Crippen LogP contribution < -0.4 is 15.8 Å². The number of anilines is 2. The van der Waals surface area contributed by atoms with Crippen LogP contribution in [0.25, 0.3) is 0 Å². The Labute approximate surface area is 151 Å². The van der Waals surface area contributed by atoms with Crippen molar-refractivity contribution in [3.63, 3.8) is 0 Å². The minimum atomic E-state index is -0.324. The van der Waals surface area contributed by atoms with Crippen molar-refractivity contribution in [1.29, 1.82) is 0 Å². The Kier molecular flexibility index (Phi) is 5.55. The van der Waals surface area contributed by atoms with Gasteiger partial charge in [-0.3, -0.25) is 4.90 Å². The van der Waals surface area contributed by atoms with Gasteiger partial charge in [-0.05, 0) is 30.5 Å². The fraction of sp³-hybridized carbons (Fsp3) is 0.412. The van der Waals surface area contributed by atoms with Gasteiger partial charge in [0.25, 0.3) is 0 Å². The monoisotopic (exact) mass is 365 g/mol. The Morgan fingerprint density at radius 2 is 2.08 bits per heavy atom. The normalized spacial score (nSPS) is 16.0. The summed E-state index contributed by atoms with van der Waals surface area (Å²) in [6.45, 7) is 2.55. The lowest BCUT2D eigenvalue weighted by molar-refractivity contribution is 0.211. The van der Waals surface area contributed by atoms with Gasteiger partial charge in [0.1, 0.15) is 11.0 Å². The number of nitrogens with two attached hydrogens (primary N) is 1. The average Bonchev–Trinajstić information content (AvgIpc) is 2.56. The van der Waals surface area contributed by atoms with E-state index < -0.39 is 0 Å². The van der Waals surface area contributed by atoms with Crippen LogP contribution in [0.1, 0.15) is 18.4 Å². The third-order valence-electron chi connectivity index (χ3n) is 4.27. The lowest BCUT2D eigenvalue weighted by Crippen LogP contribution is -2.38. The molecule has 3 N–H and O–H groups in total. The van der Waals surface area contributed by atoms with E-state index >= 15 is 0 Å². The maximum absolute atomic E-state index is 13.8. The number of benzene rings is 1. The Bertz CT molecular complexity index is 717. The number of aromatic nitrogens is 2. The van der Waals surface area contributed by atoms with E-state index in [9.17, 15) is 4.39 Å². The molecule has 1 fully saturated rings. The molecule has 0 saturated carbocycles. The molecule has 1 aliphatic heterocycles. The summed E-state index contributed by atoms with van der Waals surface area (Å²) in [5.41, 5.74) is 6.56. The van der Waals surface area contributed by atoms with Gasteiger partial charge in [-0.25, -0.2) is 9.37 Å². The number of ether oxygens (including phenoxy) is 1. The third kappa shape index (κ3) is 4.70. The first-order valence-corrected chi connectivity index (χ1v) is 8.52. The molecule has 2 heterocycles. The predicted molar refractivity (Wildman–Crippen MR) is 96.3 cm³/mol. The minimum absolute atomic E-state index is 0.161. The number of piperidine rings is 1. The molecular formula is C17H21ClFN5O. The van der Waals surface area contributed by atoms with Gasteiger partial charge in [0, 0.05) is 31.7 Å². The molecule has 1 aromatic carbocycles. The number of nitrogens with zero attached hydrogens (tertiary/aromatic N) is 3. The van der Waals surface area contributed by atoms with Crippen molar-refractivity contribution in [2.75, 3.05) is 31.2 Å². The van der Waals surface area contributed by atoms with Crippen molar-refractivity contribution in [3.05, 3.63) is 40.8 Å². The molecular weight excluding hydrogens is 345 g/mol. The predicted octanol–water partition coefficient (Wildman–Crippen LogP) is 2.94. The van der Waals surface area contributed by atoms with Gasteiger partial charge >= 0.3 is 0 Å². The molecule has 0 radical (unpaired) electrons. The summed E-state index contributed by atoms with van der Waals surface area (Å²) in [5.74, 6) is 0.756. The van der Waals surface area contributed by atoms with Gasteiger partial charge in [0.15, 0.2) is 11.6 Å². The minimum Gasteiger partial charge on any atom is -0.494 e. The number of rotatable bonds is 5. The van der Waals surface area contributed by atoms with E-state index in [1.165, 1.54) is 13.2 Å². The summed E-state index contributed by atoms with van der Waals surface area (Å²) in [6.07, 6.45) is 1.92. The maximum atomic E-state index is 13.8. The molecule has 134 valence electrons. The molecule has 0 aliphatic carbocycles. The van der Waals surface area contributed by atoms with Gasteiger partial charge in [-0.2, -0.15) is 4.98 Å². The smallest absolute Gasteiger partial charge is 0.223 e. The molecule has 3 rings (SSSR count). The van der Waals surface area contributed by atoms with E-state index in [4.69, 9.17) is 22.1 Å². The quantitative estimate of drug-likeness (QED) is 0.793. The van der Waals surface area contributed by atoms with Crippen LogP contribution in [0, 0.1) is 5.82 Å². The van der Waals surface area contributed by atoms with Crippen LogP contribution in [0.2, 0.25) is 5.15 Å². The van der Waals surface area contributed by atoms with Crippen LogP contribution in [0.15, 0.2) is 24.3 Å². The summed E-state index contributed by atoms with van der Waals surface area (Å²) in [4.78, 5) is 10.3. The van der Waals surface area contributed by atoms with Crippen LogP contribution in [0.4, 0.5) is 16.2 Å². The Morgan fingerprint density at radius 3 is 2.72 bits per heavy atom. The van der Waals surface area contributed by atoms with Gasteiger partial charge in [-0.1, -0.05) is 17.7 Å². The zero-order valence-electron chi connectivity index (χ0n) is 14.0. The van der Waals surface area contributed by atoms with Gasteiger partial charge in [0.05, 0.1) is 7.11 Å². The summed E-state index contributed by atoms with van der Waals surface area (Å²) in [5, 5.41) is 3.68. The first-order chi connectivity index (χ1) is 12.0. The highest BCUT2D eigenvalue weighted by Crippen LogP contribution is 2.22. The summed E-state index contributed by atoms with van der Waals surface area (Å²) in [7, 11) is 1.47. The molecule has 1 aromatic heterocycles. The first kappa shape index (κ1) is 17.7. The van der Waals surface area contributed by atoms with Crippen LogP contribution in [0.5, 0.6) is 5.75 Å². The Balaban J connectivity index is 1.52. The molecule has 0 bridgehead atoms. The summed E-state index contributed by atoms with van der Waals surface area (Å²) >= 11 is 5.90. The molecule has 1 saturated heterocycles. The second kappa shape index (κ2) is 7.84. The van der Waals surface area contributed by atoms with Crippen molar-refractivity contribution >= 4 is 23.4 Å². The average molecular weight is 366 g/mol. The van der Waals surface area contributed by atoms with Crippen LogP contribution >= 0.6 is 11.6 Å². The molecule has 25 heavy (non-hydrogen) atoms. The van der Waals surface area contributed by atoms with Crippen molar-refractivity contribution in [3.8, 4) is 5.75 Å². The standard InChI is InChI=1S/C17H21ClFN5O/c1-25-14-3-2-11(8-13(14)19)10-24-6-4-12(5-7-24)21-16-9-15(18)22-17(20)23-16/h2-3,8-9,12H,4-7,10H2,1H3,(H3,20,21,22,23). The highest BCUT2D eigenvalue weighted by molar-refractivity contribution is 6.29. The maximum Gasteiger partial charge on any atom is 0.223 e. The van der Waals surface area contributed by atoms with E-state index in [1.807, 2.05) is 6.07 Å². The molecule has 6 nitrogen and oxygen atoms in total. The number of nitrogen functional groups attached to an aromatic ring is 1. The molecule has 0 atom stereocenters. The SMILES string of the molecule is COc1ccc(CN2CCC(Nc3cc(Cl)nc(N)n3)CC2)cc1F. The topological polar surface area (TPSA) is 76.3 Å². The Morgan fingerprint density at radius 1 is 1.32 bits per heavy atom. The zero-order chi connectivity index (χ0) is 17.8. The molecule has 0 unspecified atom stereocenters. The van der Waals surface area contributed by atoms with Crippen molar-refractivity contribution < 1.29 is 9.13 Å². The van der Waals surface area contributed by atoms with E-state index in [1.54, 1.807) is 12.1 Å². The highest BCUT2D eigenvalue weighted by Gasteiger charge is 2.20. The lowest BCUT2D eigenvalue weighted by Gasteiger charge is -2.32. The van der Waals surface area contributed by atoms with Gasteiger partial charge in [0.2, 0.25) is 5.95 Å². The molecule has 0 amide bonds. The fourth-order valence-electron chi connectivity index (χ4n) is 3.02. The largest absolute Gasteiger partial charge is 0.494 e. The molecule has 8 heteroatoms. The third-order valence-corrected chi connectivity index (χ3v) is 4.47. The summed E-state index contributed by atoms with van der Waals surface area (Å²) in [6, 6.07) is 7.08. The number of halogens is 2. The lowest BCUT2D eigenvalue weighted by atomic mass is 10.0. The van der Waals surface area contributed by atoms with Gasteiger partial charge < -0.3 is 15.8 Å². The molecule has 1 aliphatic rings. The second-order valence-corrected chi connectivity index (χ2v) is 6.49. The van der Waals surface area contributed by atoms with Crippen molar-refractivity contribution in [2.24, 2.45) is 0 Å². The van der Waals surface area contributed by atoms with E-state index in [-0.39, 0.29) is 17.5 Å². The van der Waals surface area contributed by atoms with Crippen LogP contribution in [-0.4, -0.2) is 41.1 Å².